The van der Waals surface area contributed by atoms with Crippen LogP contribution >= 0.6 is 0 Å². The number of carbonyl (C=O) groups is 3. The summed E-state index contributed by atoms with van der Waals surface area (Å²) in [5.74, 6) is -1.39. The summed E-state index contributed by atoms with van der Waals surface area (Å²) in [4.78, 5) is 38.9. The number of nitrogens with one attached hydrogen (secondary N) is 2. The molecule has 0 aliphatic carbocycles. The maximum Gasteiger partial charge on any atom is 0.257 e. The molecule has 0 unspecified atom stereocenters. The Bertz CT molecular complexity index is 1380. The first kappa shape index (κ1) is 23.6. The van der Waals surface area contributed by atoms with E-state index in [0.717, 1.165) is 5.56 Å². The highest BCUT2D eigenvalue weighted by Gasteiger charge is 2.18. The summed E-state index contributed by atoms with van der Waals surface area (Å²) in [6.45, 7) is 1.87. The molecule has 174 valence electrons. The van der Waals surface area contributed by atoms with Gasteiger partial charge in [0.15, 0.2) is 5.78 Å². The average Bonchev–Trinajstić information content (AvgIpc) is 2.87. The number of anilines is 2. The second kappa shape index (κ2) is 10.6. The van der Waals surface area contributed by atoms with Gasteiger partial charge in [-0.3, -0.25) is 14.4 Å². The Hall–Kier alpha value is -4.58. The van der Waals surface area contributed by atoms with Crippen LogP contribution in [0.3, 0.4) is 0 Å². The molecule has 5 nitrogen and oxygen atoms in total. The van der Waals surface area contributed by atoms with E-state index in [0.29, 0.717) is 28.1 Å². The van der Waals surface area contributed by atoms with E-state index in [1.54, 1.807) is 60.7 Å². The number of para-hydroxylation sites is 1. The minimum absolute atomic E-state index is 0.0317. The third kappa shape index (κ3) is 5.86. The van der Waals surface area contributed by atoms with Crippen molar-refractivity contribution in [2.24, 2.45) is 0 Å². The van der Waals surface area contributed by atoms with Crippen molar-refractivity contribution in [2.45, 2.75) is 13.3 Å². The highest BCUT2D eigenvalue weighted by molar-refractivity contribution is 6.16. The van der Waals surface area contributed by atoms with Gasteiger partial charge in [-0.15, -0.1) is 0 Å². The van der Waals surface area contributed by atoms with Gasteiger partial charge in [-0.25, -0.2) is 4.39 Å². The van der Waals surface area contributed by atoms with Gasteiger partial charge in [0.25, 0.3) is 5.91 Å². The van der Waals surface area contributed by atoms with Crippen molar-refractivity contribution in [1.82, 2.24) is 0 Å². The molecule has 0 fully saturated rings. The number of hydrogen-bond acceptors (Lipinski definition) is 3. The first-order valence-electron chi connectivity index (χ1n) is 11.1. The minimum atomic E-state index is -0.464. The van der Waals surface area contributed by atoms with Crippen LogP contribution in [0.4, 0.5) is 15.8 Å². The van der Waals surface area contributed by atoms with Gasteiger partial charge < -0.3 is 10.6 Å². The first-order chi connectivity index (χ1) is 16.9. The van der Waals surface area contributed by atoms with Crippen LogP contribution in [0.5, 0.6) is 0 Å². The summed E-state index contributed by atoms with van der Waals surface area (Å²) in [5.41, 5.74) is 3.38. The van der Waals surface area contributed by atoms with Gasteiger partial charge >= 0.3 is 0 Å². The molecule has 0 saturated carbocycles. The lowest BCUT2D eigenvalue weighted by Gasteiger charge is -2.14. The second-order valence-electron chi connectivity index (χ2n) is 8.10. The normalized spacial score (nSPS) is 10.5. The van der Waals surface area contributed by atoms with Gasteiger partial charge in [0.05, 0.1) is 23.4 Å². The molecule has 4 rings (SSSR count). The molecule has 0 spiro atoms. The fraction of sp³-hybridized carbons (Fsp3) is 0.0690. The zero-order valence-corrected chi connectivity index (χ0v) is 19.0. The fourth-order valence-electron chi connectivity index (χ4n) is 3.66. The van der Waals surface area contributed by atoms with Crippen molar-refractivity contribution in [3.05, 3.63) is 131 Å². The molecule has 0 saturated heterocycles. The topological polar surface area (TPSA) is 75.3 Å². The van der Waals surface area contributed by atoms with Crippen molar-refractivity contribution in [2.75, 3.05) is 10.6 Å². The van der Waals surface area contributed by atoms with E-state index in [2.05, 4.69) is 10.6 Å². The van der Waals surface area contributed by atoms with Crippen LogP contribution in [0.25, 0.3) is 0 Å². The summed E-state index contributed by atoms with van der Waals surface area (Å²) in [5, 5.41) is 5.57. The molecular weight excluding hydrogens is 443 g/mol. The lowest BCUT2D eigenvalue weighted by Crippen LogP contribution is -2.20. The molecule has 0 aliphatic rings. The number of ketones is 1. The van der Waals surface area contributed by atoms with E-state index in [9.17, 15) is 18.8 Å². The zero-order chi connectivity index (χ0) is 24.8. The molecule has 0 aromatic heterocycles. The van der Waals surface area contributed by atoms with Crippen molar-refractivity contribution < 1.29 is 18.8 Å². The van der Waals surface area contributed by atoms with Crippen LogP contribution in [0.2, 0.25) is 0 Å². The molecule has 0 atom stereocenters. The van der Waals surface area contributed by atoms with Crippen molar-refractivity contribution in [3.63, 3.8) is 0 Å². The standard InChI is InChI=1S/C29H23FN2O3/c1-19-11-16-26(24(17-19)28(34)21-7-3-2-4-8-21)32-29(35)23-9-5-6-10-25(23)31-27(33)18-20-12-14-22(30)15-13-20/h2-17H,18H2,1H3,(H,31,33)(H,32,35). The average molecular weight is 467 g/mol. The molecule has 0 heterocycles. The Morgan fingerprint density at radius 1 is 0.714 bits per heavy atom. The summed E-state index contributed by atoms with van der Waals surface area (Å²) in [7, 11) is 0. The van der Waals surface area contributed by atoms with Crippen LogP contribution < -0.4 is 10.6 Å². The molecule has 0 bridgehead atoms. The predicted molar refractivity (Wildman–Crippen MR) is 134 cm³/mol. The zero-order valence-electron chi connectivity index (χ0n) is 19.0. The van der Waals surface area contributed by atoms with Gasteiger partial charge in [0, 0.05) is 11.1 Å². The number of aryl methyl sites for hydroxylation is 1. The summed E-state index contributed by atoms with van der Waals surface area (Å²) in [6, 6.07) is 26.4. The number of rotatable bonds is 7. The first-order valence-corrected chi connectivity index (χ1v) is 11.1. The van der Waals surface area contributed by atoms with Crippen LogP contribution in [0.1, 0.15) is 37.4 Å². The predicted octanol–water partition coefficient (Wildman–Crippen LogP) is 5.80. The lowest BCUT2D eigenvalue weighted by molar-refractivity contribution is -0.115. The van der Waals surface area contributed by atoms with Crippen molar-refractivity contribution >= 4 is 29.0 Å². The molecule has 4 aromatic rings. The highest BCUT2D eigenvalue weighted by Crippen LogP contribution is 2.24. The molecule has 2 N–H and O–H groups in total. The van der Waals surface area contributed by atoms with E-state index in [4.69, 9.17) is 0 Å². The van der Waals surface area contributed by atoms with Gasteiger partial charge in [-0.1, -0.05) is 66.2 Å². The lowest BCUT2D eigenvalue weighted by atomic mass is 9.99. The van der Waals surface area contributed by atoms with E-state index in [1.807, 2.05) is 19.1 Å². The summed E-state index contributed by atoms with van der Waals surface area (Å²) in [6.07, 6.45) is 0.0317. The Morgan fingerprint density at radius 3 is 2.11 bits per heavy atom. The Labute approximate surface area is 202 Å². The van der Waals surface area contributed by atoms with Gasteiger partial charge in [-0.05, 0) is 48.9 Å². The molecule has 2 amide bonds. The number of amides is 2. The van der Waals surface area contributed by atoms with Gasteiger partial charge in [0.2, 0.25) is 5.91 Å². The quantitative estimate of drug-likeness (QED) is 0.338. The van der Waals surface area contributed by atoms with Crippen molar-refractivity contribution in [3.8, 4) is 0 Å². The maximum atomic E-state index is 13.2. The third-order valence-corrected chi connectivity index (χ3v) is 5.43. The number of halogens is 1. The molecule has 6 heteroatoms. The van der Waals surface area contributed by atoms with Crippen LogP contribution in [0, 0.1) is 12.7 Å². The SMILES string of the molecule is Cc1ccc(NC(=O)c2ccccc2NC(=O)Cc2ccc(F)cc2)c(C(=O)c2ccccc2)c1. The Morgan fingerprint density at radius 2 is 1.37 bits per heavy atom. The molecule has 35 heavy (non-hydrogen) atoms. The molecule has 0 radical (unpaired) electrons. The van der Waals surface area contributed by atoms with E-state index < -0.39 is 5.91 Å². The largest absolute Gasteiger partial charge is 0.325 e. The second-order valence-corrected chi connectivity index (χ2v) is 8.10. The fourth-order valence-corrected chi connectivity index (χ4v) is 3.66. The number of benzene rings is 4. The van der Waals surface area contributed by atoms with Crippen LogP contribution in [-0.2, 0) is 11.2 Å². The summed E-state index contributed by atoms with van der Waals surface area (Å²) < 4.78 is 13.1. The van der Waals surface area contributed by atoms with Gasteiger partial charge in [0.1, 0.15) is 5.82 Å². The van der Waals surface area contributed by atoms with Gasteiger partial charge in [-0.2, -0.15) is 0 Å². The minimum Gasteiger partial charge on any atom is -0.325 e. The highest BCUT2D eigenvalue weighted by atomic mass is 19.1. The molecule has 4 aromatic carbocycles. The summed E-state index contributed by atoms with van der Waals surface area (Å²) >= 11 is 0. The smallest absolute Gasteiger partial charge is 0.257 e. The van der Waals surface area contributed by atoms with E-state index in [1.165, 1.54) is 24.3 Å². The van der Waals surface area contributed by atoms with Crippen LogP contribution in [0.15, 0.2) is 97.1 Å². The molecular formula is C29H23FN2O3. The van der Waals surface area contributed by atoms with Crippen LogP contribution in [-0.4, -0.2) is 17.6 Å². The van der Waals surface area contributed by atoms with E-state index in [-0.39, 0.29) is 29.5 Å². The maximum absolute atomic E-state index is 13.2. The third-order valence-electron chi connectivity index (χ3n) is 5.43. The Kier molecular flexibility index (Phi) is 7.12. The Balaban J connectivity index is 1.55. The number of hydrogen-bond donors (Lipinski definition) is 2. The number of carbonyl (C=O) groups excluding carboxylic acids is 3. The van der Waals surface area contributed by atoms with Crippen molar-refractivity contribution in [1.29, 1.82) is 0 Å². The monoisotopic (exact) mass is 466 g/mol. The molecule has 0 aliphatic heterocycles. The van der Waals surface area contributed by atoms with E-state index >= 15 is 0 Å².